The van der Waals surface area contributed by atoms with Gasteiger partial charge in [-0.15, -0.1) is 0 Å². The van der Waals surface area contributed by atoms with E-state index in [1.54, 1.807) is 12.3 Å². The van der Waals surface area contributed by atoms with Gasteiger partial charge in [-0.25, -0.2) is 0 Å². The summed E-state index contributed by atoms with van der Waals surface area (Å²) >= 11 is 6.36. The molecule has 168 valence electrons. The Morgan fingerprint density at radius 3 is 2.85 bits per heavy atom. The van der Waals surface area contributed by atoms with E-state index in [-0.39, 0.29) is 23.1 Å². The van der Waals surface area contributed by atoms with Crippen molar-refractivity contribution in [3.8, 4) is 0 Å². The number of carbonyl (C=O) groups is 2. The lowest BCUT2D eigenvalue weighted by molar-refractivity contribution is -0.118. The second-order valence-electron chi connectivity index (χ2n) is 9.35. The van der Waals surface area contributed by atoms with Gasteiger partial charge in [-0.05, 0) is 61.9 Å². The summed E-state index contributed by atoms with van der Waals surface area (Å²) in [5.41, 5.74) is 4.15. The number of fused-ring (bicyclic) bond motifs is 2. The molecule has 0 bridgehead atoms. The number of hydrogen-bond donors (Lipinski definition) is 3. The number of piperidine rings is 1. The van der Waals surface area contributed by atoms with E-state index in [1.165, 1.54) is 0 Å². The minimum absolute atomic E-state index is 0.00145. The minimum atomic E-state index is -0.00497. The number of rotatable bonds is 3. The number of nitrogens with one attached hydrogen (secondary N) is 3. The molecule has 1 saturated carbocycles. The third-order valence-corrected chi connectivity index (χ3v) is 7.77. The number of amides is 2. The number of H-pyrrole nitrogens is 2. The molecule has 6 rings (SSSR count). The molecule has 4 aromatic rings. The van der Waals surface area contributed by atoms with Gasteiger partial charge in [0.05, 0.1) is 16.1 Å². The molecule has 3 heterocycles. The predicted molar refractivity (Wildman–Crippen MR) is 128 cm³/mol. The Balaban J connectivity index is 1.11. The highest BCUT2D eigenvalue weighted by atomic mass is 35.5. The Morgan fingerprint density at radius 1 is 1.21 bits per heavy atom. The number of aryl methyl sites for hydroxylation is 1. The molecule has 1 aliphatic carbocycles. The van der Waals surface area contributed by atoms with Crippen LogP contribution in [0.3, 0.4) is 0 Å². The van der Waals surface area contributed by atoms with Crippen molar-refractivity contribution in [3.63, 3.8) is 0 Å². The maximum atomic E-state index is 13.2. The van der Waals surface area contributed by atoms with Crippen molar-refractivity contribution in [2.75, 3.05) is 18.4 Å². The fourth-order valence-corrected chi connectivity index (χ4v) is 5.63. The van der Waals surface area contributed by atoms with Crippen LogP contribution in [0.1, 0.15) is 35.3 Å². The highest BCUT2D eigenvalue weighted by molar-refractivity contribution is 6.36. The van der Waals surface area contributed by atoms with Crippen LogP contribution in [0.2, 0.25) is 5.02 Å². The smallest absolute Gasteiger partial charge is 0.256 e. The summed E-state index contributed by atoms with van der Waals surface area (Å²) in [6.07, 6.45) is 4.31. The van der Waals surface area contributed by atoms with Crippen molar-refractivity contribution in [2.45, 2.75) is 26.2 Å². The fraction of sp³-hybridized carbons (Fsp3) is 0.320. The Kier molecular flexibility index (Phi) is 4.52. The molecule has 2 aromatic heterocycles. The predicted octanol–water partition coefficient (Wildman–Crippen LogP) is 4.89. The molecule has 8 heteroatoms. The van der Waals surface area contributed by atoms with Gasteiger partial charge >= 0.3 is 0 Å². The van der Waals surface area contributed by atoms with Gasteiger partial charge in [0, 0.05) is 52.9 Å². The van der Waals surface area contributed by atoms with Crippen LogP contribution in [0.15, 0.2) is 42.6 Å². The lowest BCUT2D eigenvalue weighted by atomic mass is 9.90. The summed E-state index contributed by atoms with van der Waals surface area (Å²) in [6.45, 7) is 3.27. The Hall–Kier alpha value is -3.32. The van der Waals surface area contributed by atoms with E-state index in [0.717, 1.165) is 52.4 Å². The van der Waals surface area contributed by atoms with Crippen LogP contribution in [0.4, 0.5) is 5.69 Å². The first kappa shape index (κ1) is 20.3. The molecule has 2 amide bonds. The first-order valence-electron chi connectivity index (χ1n) is 11.3. The van der Waals surface area contributed by atoms with Crippen LogP contribution in [0, 0.1) is 18.3 Å². The van der Waals surface area contributed by atoms with Crippen LogP contribution in [-0.4, -0.2) is 45.0 Å². The number of carbonyl (C=O) groups excluding carboxylic acids is 2. The average molecular weight is 462 g/mol. The van der Waals surface area contributed by atoms with Gasteiger partial charge in [-0.2, -0.15) is 5.10 Å². The SMILES string of the molecule is Cc1[nH]nc2ccc(NC(=O)C3CC34CCN(C(=O)c3c[nH]c5cccc(Cl)c35)CC4)cc12. The summed E-state index contributed by atoms with van der Waals surface area (Å²) in [6, 6.07) is 11.4. The molecule has 3 N–H and O–H groups in total. The maximum Gasteiger partial charge on any atom is 0.256 e. The standard InChI is InChI=1S/C25H24ClN5O2/c1-14-16-11-15(5-6-20(16)30-29-14)28-23(32)18-12-25(18)7-9-31(10-8-25)24(33)17-13-27-21-4-2-3-19(26)22(17)21/h2-6,11,13,18,27H,7-10,12H2,1H3,(H,28,32)(H,29,30). The van der Waals surface area contributed by atoms with E-state index in [4.69, 9.17) is 11.6 Å². The number of likely N-dealkylation sites (tertiary alicyclic amines) is 1. The van der Waals surface area contributed by atoms with E-state index in [0.29, 0.717) is 23.7 Å². The van der Waals surface area contributed by atoms with Gasteiger partial charge in [0.2, 0.25) is 5.91 Å². The molecule has 1 unspecified atom stereocenters. The zero-order chi connectivity index (χ0) is 22.7. The molecule has 33 heavy (non-hydrogen) atoms. The zero-order valence-electron chi connectivity index (χ0n) is 18.2. The number of halogens is 1. The van der Waals surface area contributed by atoms with Gasteiger partial charge < -0.3 is 15.2 Å². The monoisotopic (exact) mass is 461 g/mol. The van der Waals surface area contributed by atoms with Crippen molar-refractivity contribution >= 4 is 50.9 Å². The maximum absolute atomic E-state index is 13.2. The van der Waals surface area contributed by atoms with Gasteiger partial charge in [0.1, 0.15) is 0 Å². The molecule has 1 aliphatic heterocycles. The molecule has 2 aromatic carbocycles. The molecular weight excluding hydrogens is 438 g/mol. The van der Waals surface area contributed by atoms with Crippen LogP contribution in [-0.2, 0) is 4.79 Å². The molecular formula is C25H24ClN5O2. The molecule has 2 fully saturated rings. The highest BCUT2D eigenvalue weighted by Crippen LogP contribution is 2.59. The quantitative estimate of drug-likeness (QED) is 0.405. The van der Waals surface area contributed by atoms with Crippen molar-refractivity contribution in [3.05, 3.63) is 58.9 Å². The normalized spacial score (nSPS) is 19.3. The third kappa shape index (κ3) is 3.30. The summed E-state index contributed by atoms with van der Waals surface area (Å²) in [7, 11) is 0. The number of hydrogen-bond acceptors (Lipinski definition) is 3. The molecule has 2 aliphatic rings. The van der Waals surface area contributed by atoms with Crippen LogP contribution in [0.5, 0.6) is 0 Å². The van der Waals surface area contributed by atoms with Crippen molar-refractivity contribution in [2.24, 2.45) is 11.3 Å². The van der Waals surface area contributed by atoms with E-state index in [1.807, 2.05) is 42.2 Å². The highest BCUT2D eigenvalue weighted by Gasteiger charge is 2.58. The number of benzene rings is 2. The molecule has 1 saturated heterocycles. The minimum Gasteiger partial charge on any atom is -0.360 e. The summed E-state index contributed by atoms with van der Waals surface area (Å²) in [4.78, 5) is 31.2. The fourth-order valence-electron chi connectivity index (χ4n) is 5.35. The molecule has 1 atom stereocenters. The van der Waals surface area contributed by atoms with Gasteiger partial charge in [-0.1, -0.05) is 17.7 Å². The van der Waals surface area contributed by atoms with Crippen molar-refractivity contribution in [1.29, 1.82) is 0 Å². The van der Waals surface area contributed by atoms with Crippen LogP contribution in [0.25, 0.3) is 21.8 Å². The second-order valence-corrected chi connectivity index (χ2v) is 9.75. The van der Waals surface area contributed by atoms with Crippen molar-refractivity contribution in [1.82, 2.24) is 20.1 Å². The van der Waals surface area contributed by atoms with E-state index >= 15 is 0 Å². The Bertz CT molecular complexity index is 1410. The zero-order valence-corrected chi connectivity index (χ0v) is 19.0. The summed E-state index contributed by atoms with van der Waals surface area (Å²) < 4.78 is 0. The number of aromatic nitrogens is 3. The largest absolute Gasteiger partial charge is 0.360 e. The van der Waals surface area contributed by atoms with Crippen LogP contribution < -0.4 is 5.32 Å². The molecule has 7 nitrogen and oxygen atoms in total. The van der Waals surface area contributed by atoms with Gasteiger partial charge in [-0.3, -0.25) is 14.7 Å². The summed E-state index contributed by atoms with van der Waals surface area (Å²) in [5, 5.41) is 12.7. The first-order valence-corrected chi connectivity index (χ1v) is 11.6. The van der Waals surface area contributed by atoms with Crippen LogP contribution >= 0.6 is 11.6 Å². The van der Waals surface area contributed by atoms with Gasteiger partial charge in [0.15, 0.2) is 0 Å². The van der Waals surface area contributed by atoms with E-state index in [2.05, 4.69) is 20.5 Å². The second kappa shape index (κ2) is 7.35. The molecule has 0 radical (unpaired) electrons. The Labute approximate surface area is 195 Å². The topological polar surface area (TPSA) is 93.9 Å². The first-order chi connectivity index (χ1) is 15.9. The lowest BCUT2D eigenvalue weighted by Crippen LogP contribution is -2.40. The van der Waals surface area contributed by atoms with Crippen molar-refractivity contribution < 1.29 is 9.59 Å². The average Bonchev–Trinajstić information content (AvgIpc) is 3.14. The lowest BCUT2D eigenvalue weighted by Gasteiger charge is -2.32. The third-order valence-electron chi connectivity index (χ3n) is 7.45. The van der Waals surface area contributed by atoms with E-state index < -0.39 is 0 Å². The summed E-state index contributed by atoms with van der Waals surface area (Å²) in [5.74, 6) is 0.0618. The molecule has 1 spiro atoms. The van der Waals surface area contributed by atoms with Gasteiger partial charge in [0.25, 0.3) is 5.91 Å². The van der Waals surface area contributed by atoms with E-state index in [9.17, 15) is 9.59 Å². The number of nitrogens with zero attached hydrogens (tertiary/aromatic N) is 2. The number of aromatic amines is 2. The Morgan fingerprint density at radius 2 is 2.03 bits per heavy atom. The number of anilines is 1.